The molecule has 9 heteroatoms. The molecule has 3 rings (SSSR count). The molecule has 27 heavy (non-hydrogen) atoms. The van der Waals surface area contributed by atoms with Crippen LogP contribution in [0.5, 0.6) is 0 Å². The van der Waals surface area contributed by atoms with Crippen LogP contribution in [0.1, 0.15) is 16.1 Å². The van der Waals surface area contributed by atoms with Crippen LogP contribution in [0.3, 0.4) is 0 Å². The first-order chi connectivity index (χ1) is 13.0. The summed E-state index contributed by atoms with van der Waals surface area (Å²) in [6.45, 7) is 0.355. The zero-order valence-corrected chi connectivity index (χ0v) is 16.2. The fourth-order valence-corrected chi connectivity index (χ4v) is 3.04. The van der Waals surface area contributed by atoms with E-state index in [1.54, 1.807) is 41.8 Å². The molecule has 6 nitrogen and oxygen atoms in total. The summed E-state index contributed by atoms with van der Waals surface area (Å²) in [7, 11) is 0. The predicted octanol–water partition coefficient (Wildman–Crippen LogP) is 5.02. The molecule has 2 aromatic carbocycles. The van der Waals surface area contributed by atoms with Crippen LogP contribution in [0.2, 0.25) is 10.0 Å². The average Bonchev–Trinajstić information content (AvgIpc) is 3.11. The van der Waals surface area contributed by atoms with Gasteiger partial charge < -0.3 is 10.6 Å². The fourth-order valence-electron chi connectivity index (χ4n) is 2.10. The first-order valence-corrected chi connectivity index (χ1v) is 9.45. The summed E-state index contributed by atoms with van der Waals surface area (Å²) in [5.41, 5.74) is 1.74. The Morgan fingerprint density at radius 1 is 0.926 bits per heavy atom. The molecule has 0 radical (unpaired) electrons. The zero-order valence-electron chi connectivity index (χ0n) is 13.8. The highest BCUT2D eigenvalue weighted by atomic mass is 35.5. The van der Waals surface area contributed by atoms with Crippen LogP contribution in [-0.4, -0.2) is 16.9 Å². The molecule has 0 atom stereocenters. The number of nitrogens with zero attached hydrogens (tertiary/aromatic N) is 1. The topological polar surface area (TPSA) is 83.1 Å². The van der Waals surface area contributed by atoms with Gasteiger partial charge in [0.25, 0.3) is 5.91 Å². The van der Waals surface area contributed by atoms with Crippen molar-refractivity contribution in [3.8, 4) is 0 Å². The monoisotopic (exact) mass is 420 g/mol. The predicted molar refractivity (Wildman–Crippen MR) is 109 cm³/mol. The summed E-state index contributed by atoms with van der Waals surface area (Å²) in [4.78, 5) is 28.3. The Bertz CT molecular complexity index is 943. The Balaban J connectivity index is 1.52. The second kappa shape index (κ2) is 8.85. The van der Waals surface area contributed by atoms with Gasteiger partial charge in [0.15, 0.2) is 5.13 Å². The molecule has 0 saturated heterocycles. The number of thiazole rings is 1. The lowest BCUT2D eigenvalue weighted by Gasteiger charge is -2.05. The average molecular weight is 421 g/mol. The first kappa shape index (κ1) is 19.2. The third-order valence-electron chi connectivity index (χ3n) is 3.43. The molecule has 3 N–H and O–H groups in total. The number of carbonyl (C=O) groups is 2. The van der Waals surface area contributed by atoms with Gasteiger partial charge in [0.2, 0.25) is 0 Å². The standard InChI is InChI=1S/C18H14Cl2N4O2S/c19-12-3-1-11(2-4-12)9-21-16(25)15-10-27-18(23-15)24-17(26)22-14-7-5-13(20)6-8-14/h1-8,10H,9H2,(H,21,25)(H2,22,23,24,26). The van der Waals surface area contributed by atoms with Crippen molar-refractivity contribution in [2.45, 2.75) is 6.54 Å². The van der Waals surface area contributed by atoms with E-state index in [0.717, 1.165) is 16.9 Å². The first-order valence-electron chi connectivity index (χ1n) is 7.81. The van der Waals surface area contributed by atoms with Gasteiger partial charge in [0.05, 0.1) is 0 Å². The lowest BCUT2D eigenvalue weighted by Crippen LogP contribution is -2.23. The molecule has 3 amide bonds. The number of anilines is 2. The highest BCUT2D eigenvalue weighted by Crippen LogP contribution is 2.17. The van der Waals surface area contributed by atoms with Gasteiger partial charge >= 0.3 is 6.03 Å². The third-order valence-corrected chi connectivity index (χ3v) is 4.69. The number of urea groups is 1. The highest BCUT2D eigenvalue weighted by molar-refractivity contribution is 7.14. The maximum absolute atomic E-state index is 12.2. The number of benzene rings is 2. The van der Waals surface area contributed by atoms with E-state index in [1.165, 1.54) is 0 Å². The number of hydrogen-bond acceptors (Lipinski definition) is 4. The fraction of sp³-hybridized carbons (Fsp3) is 0.0556. The van der Waals surface area contributed by atoms with Gasteiger partial charge in [0.1, 0.15) is 5.69 Å². The maximum atomic E-state index is 12.2. The molecular formula is C18H14Cl2N4O2S. The van der Waals surface area contributed by atoms with Crippen LogP contribution in [-0.2, 0) is 6.54 Å². The smallest absolute Gasteiger partial charge is 0.325 e. The molecule has 0 bridgehead atoms. The highest BCUT2D eigenvalue weighted by Gasteiger charge is 2.12. The van der Waals surface area contributed by atoms with E-state index in [9.17, 15) is 9.59 Å². The number of nitrogens with one attached hydrogen (secondary N) is 3. The second-order valence-corrected chi connectivity index (χ2v) is 7.16. The summed E-state index contributed by atoms with van der Waals surface area (Å²) in [5, 5.41) is 11.1. The van der Waals surface area contributed by atoms with Crippen molar-refractivity contribution >= 4 is 57.3 Å². The molecule has 0 spiro atoms. The van der Waals surface area contributed by atoms with Crippen LogP contribution >= 0.6 is 34.5 Å². The van der Waals surface area contributed by atoms with E-state index in [4.69, 9.17) is 23.2 Å². The number of carbonyl (C=O) groups excluding carboxylic acids is 2. The number of amides is 3. The largest absolute Gasteiger partial charge is 0.347 e. The number of rotatable bonds is 5. The minimum atomic E-state index is -0.459. The maximum Gasteiger partial charge on any atom is 0.325 e. The molecule has 0 saturated carbocycles. The van der Waals surface area contributed by atoms with E-state index in [-0.39, 0.29) is 11.6 Å². The summed E-state index contributed by atoms with van der Waals surface area (Å²) >= 11 is 12.8. The normalized spacial score (nSPS) is 10.3. The van der Waals surface area contributed by atoms with E-state index in [2.05, 4.69) is 20.9 Å². The molecule has 0 aliphatic heterocycles. The van der Waals surface area contributed by atoms with Crippen molar-refractivity contribution in [3.05, 3.63) is 75.2 Å². The Morgan fingerprint density at radius 3 is 2.22 bits per heavy atom. The van der Waals surface area contributed by atoms with Gasteiger partial charge in [-0.25, -0.2) is 9.78 Å². The molecule has 1 aromatic heterocycles. The van der Waals surface area contributed by atoms with Gasteiger partial charge in [-0.05, 0) is 42.0 Å². The number of hydrogen-bond donors (Lipinski definition) is 3. The van der Waals surface area contributed by atoms with Crippen molar-refractivity contribution in [2.75, 3.05) is 10.6 Å². The van der Waals surface area contributed by atoms with Crippen LogP contribution in [0.4, 0.5) is 15.6 Å². The van der Waals surface area contributed by atoms with Crippen LogP contribution in [0.25, 0.3) is 0 Å². The third kappa shape index (κ3) is 5.68. The van der Waals surface area contributed by atoms with E-state index >= 15 is 0 Å². The van der Waals surface area contributed by atoms with Crippen molar-refractivity contribution < 1.29 is 9.59 Å². The van der Waals surface area contributed by atoms with Crippen LogP contribution in [0.15, 0.2) is 53.9 Å². The molecule has 138 valence electrons. The van der Waals surface area contributed by atoms with Crippen molar-refractivity contribution in [1.82, 2.24) is 10.3 Å². The van der Waals surface area contributed by atoms with Gasteiger partial charge in [-0.1, -0.05) is 35.3 Å². The van der Waals surface area contributed by atoms with Crippen molar-refractivity contribution in [2.24, 2.45) is 0 Å². The Kier molecular flexibility index (Phi) is 6.28. The summed E-state index contributed by atoms with van der Waals surface area (Å²) in [6.07, 6.45) is 0. The Hall–Kier alpha value is -2.61. The van der Waals surface area contributed by atoms with Crippen molar-refractivity contribution in [1.29, 1.82) is 0 Å². The molecular weight excluding hydrogens is 407 g/mol. The van der Waals surface area contributed by atoms with Crippen molar-refractivity contribution in [3.63, 3.8) is 0 Å². The molecule has 3 aromatic rings. The number of halogens is 2. The molecule has 0 fully saturated rings. The molecule has 0 aliphatic carbocycles. The van der Waals surface area contributed by atoms with Gasteiger partial charge in [-0.15, -0.1) is 11.3 Å². The van der Waals surface area contributed by atoms with Gasteiger partial charge in [-0.2, -0.15) is 0 Å². The quantitative estimate of drug-likeness (QED) is 0.541. The van der Waals surface area contributed by atoms with E-state index in [1.807, 2.05) is 12.1 Å². The zero-order chi connectivity index (χ0) is 19.2. The van der Waals surface area contributed by atoms with Crippen LogP contribution in [0, 0.1) is 0 Å². The Labute approximate surface area is 169 Å². The summed E-state index contributed by atoms with van der Waals surface area (Å²) in [6, 6.07) is 13.4. The van der Waals surface area contributed by atoms with Gasteiger partial charge in [0, 0.05) is 27.7 Å². The molecule has 1 heterocycles. The lowest BCUT2D eigenvalue weighted by atomic mass is 10.2. The SMILES string of the molecule is O=C(Nc1ccc(Cl)cc1)Nc1nc(C(=O)NCc2ccc(Cl)cc2)cs1. The van der Waals surface area contributed by atoms with Crippen LogP contribution < -0.4 is 16.0 Å². The minimum absolute atomic E-state index is 0.232. The minimum Gasteiger partial charge on any atom is -0.347 e. The van der Waals surface area contributed by atoms with E-state index < -0.39 is 6.03 Å². The van der Waals surface area contributed by atoms with Gasteiger partial charge in [-0.3, -0.25) is 10.1 Å². The second-order valence-electron chi connectivity index (χ2n) is 5.43. The molecule has 0 unspecified atom stereocenters. The number of aromatic nitrogens is 1. The summed E-state index contributed by atoms with van der Waals surface area (Å²) < 4.78 is 0. The summed E-state index contributed by atoms with van der Waals surface area (Å²) in [5.74, 6) is -0.327. The molecule has 0 aliphatic rings. The van der Waals surface area contributed by atoms with E-state index in [0.29, 0.717) is 27.4 Å². The lowest BCUT2D eigenvalue weighted by molar-refractivity contribution is 0.0946. The Morgan fingerprint density at radius 2 is 1.56 bits per heavy atom.